The Morgan fingerprint density at radius 3 is 2.79 bits per heavy atom. The molecule has 1 aliphatic carbocycles. The van der Waals surface area contributed by atoms with E-state index in [-0.39, 0.29) is 5.92 Å². The van der Waals surface area contributed by atoms with E-state index in [0.717, 1.165) is 12.1 Å². The highest BCUT2D eigenvalue weighted by atomic mass is 32.1. The monoisotopic (exact) mass is 213 g/mol. The van der Waals surface area contributed by atoms with Crippen LogP contribution >= 0.6 is 11.3 Å². The van der Waals surface area contributed by atoms with Gasteiger partial charge in [-0.15, -0.1) is 0 Å². The number of rotatable bonds is 2. The van der Waals surface area contributed by atoms with Crippen LogP contribution in [0.5, 0.6) is 5.19 Å². The van der Waals surface area contributed by atoms with Crippen LogP contribution in [0.2, 0.25) is 0 Å². The molecule has 1 aliphatic rings. The molecule has 0 bridgehead atoms. The van der Waals surface area contributed by atoms with Gasteiger partial charge in [-0.2, -0.15) is 0 Å². The van der Waals surface area contributed by atoms with Gasteiger partial charge < -0.3 is 9.84 Å². The zero-order valence-corrected chi connectivity index (χ0v) is 9.47. The van der Waals surface area contributed by atoms with Crippen LogP contribution in [0.25, 0.3) is 0 Å². The van der Waals surface area contributed by atoms with Crippen molar-refractivity contribution in [2.45, 2.75) is 25.9 Å². The van der Waals surface area contributed by atoms with E-state index in [1.807, 2.05) is 5.38 Å². The predicted octanol–water partition coefficient (Wildman–Crippen LogP) is 2.02. The molecule has 1 N–H and O–H groups in total. The van der Waals surface area contributed by atoms with Gasteiger partial charge in [0, 0.05) is 5.38 Å². The lowest BCUT2D eigenvalue weighted by Gasteiger charge is -2.47. The number of hydrogen-bond acceptors (Lipinski definition) is 4. The predicted molar refractivity (Wildman–Crippen MR) is 55.5 cm³/mol. The summed E-state index contributed by atoms with van der Waals surface area (Å²) in [6.07, 6.45) is 0.807. The average Bonchev–Trinajstić information content (AvgIpc) is 2.65. The van der Waals surface area contributed by atoms with Gasteiger partial charge in [-0.05, 0) is 18.3 Å². The molecule has 0 saturated heterocycles. The number of methoxy groups -OCH3 is 1. The zero-order valence-electron chi connectivity index (χ0n) is 8.65. The van der Waals surface area contributed by atoms with Gasteiger partial charge in [0.05, 0.1) is 12.8 Å². The van der Waals surface area contributed by atoms with Gasteiger partial charge in [0.1, 0.15) is 5.60 Å². The molecule has 78 valence electrons. The molecule has 1 saturated carbocycles. The maximum atomic E-state index is 10.3. The number of nitrogens with zero attached hydrogens (tertiary/aromatic N) is 1. The van der Waals surface area contributed by atoms with Crippen LogP contribution in [0, 0.1) is 11.8 Å². The molecular formula is C10H15NO2S. The molecule has 0 spiro atoms. The van der Waals surface area contributed by atoms with Gasteiger partial charge in [0.25, 0.3) is 5.19 Å². The summed E-state index contributed by atoms with van der Waals surface area (Å²) in [7, 11) is 1.60. The molecule has 4 heteroatoms. The third-order valence-corrected chi connectivity index (χ3v) is 4.14. The Hall–Kier alpha value is -0.610. The van der Waals surface area contributed by atoms with E-state index in [9.17, 15) is 5.11 Å². The summed E-state index contributed by atoms with van der Waals surface area (Å²) in [5, 5.41) is 12.8. The van der Waals surface area contributed by atoms with Crippen LogP contribution in [0.1, 0.15) is 26.0 Å². The topological polar surface area (TPSA) is 42.4 Å². The summed E-state index contributed by atoms with van der Waals surface area (Å²) in [5.74, 6) is 0.863. The number of hydrogen-bond donors (Lipinski definition) is 1. The third kappa shape index (κ3) is 1.25. The highest BCUT2D eigenvalue weighted by Gasteiger charge is 2.50. The molecule has 0 amide bonds. The summed E-state index contributed by atoms with van der Waals surface area (Å²) in [6.45, 7) is 4.22. The Balaban J connectivity index is 2.23. The molecule has 1 aromatic rings. The van der Waals surface area contributed by atoms with Crippen LogP contribution in [0.15, 0.2) is 5.38 Å². The van der Waals surface area contributed by atoms with E-state index in [1.165, 1.54) is 11.3 Å². The highest BCUT2D eigenvalue weighted by molar-refractivity contribution is 7.11. The zero-order chi connectivity index (χ0) is 10.3. The van der Waals surface area contributed by atoms with Crippen molar-refractivity contribution in [1.29, 1.82) is 0 Å². The van der Waals surface area contributed by atoms with Gasteiger partial charge in [0.2, 0.25) is 0 Å². The average molecular weight is 213 g/mol. The van der Waals surface area contributed by atoms with Crippen molar-refractivity contribution in [2.75, 3.05) is 7.11 Å². The van der Waals surface area contributed by atoms with Crippen molar-refractivity contribution in [3.8, 4) is 5.19 Å². The van der Waals surface area contributed by atoms with Crippen molar-refractivity contribution < 1.29 is 9.84 Å². The quantitative estimate of drug-likeness (QED) is 0.817. The molecule has 1 fully saturated rings. The van der Waals surface area contributed by atoms with E-state index in [4.69, 9.17) is 4.74 Å². The Bertz CT molecular complexity index is 339. The van der Waals surface area contributed by atoms with E-state index in [2.05, 4.69) is 18.8 Å². The number of aliphatic hydroxyl groups is 1. The lowest BCUT2D eigenvalue weighted by atomic mass is 9.62. The molecule has 3 atom stereocenters. The van der Waals surface area contributed by atoms with Crippen molar-refractivity contribution in [1.82, 2.24) is 4.98 Å². The van der Waals surface area contributed by atoms with Gasteiger partial charge in [-0.1, -0.05) is 25.2 Å². The van der Waals surface area contributed by atoms with Gasteiger partial charge in [-0.25, -0.2) is 4.98 Å². The molecule has 0 aromatic carbocycles. The van der Waals surface area contributed by atoms with Crippen molar-refractivity contribution >= 4 is 11.3 Å². The second kappa shape index (κ2) is 3.21. The summed E-state index contributed by atoms with van der Waals surface area (Å²) in [5.41, 5.74) is 0.0529. The molecule has 3 nitrogen and oxygen atoms in total. The van der Waals surface area contributed by atoms with Crippen LogP contribution in [-0.2, 0) is 5.60 Å². The Morgan fingerprint density at radius 2 is 2.36 bits per heavy atom. The van der Waals surface area contributed by atoms with E-state index >= 15 is 0 Å². The van der Waals surface area contributed by atoms with Crippen molar-refractivity contribution in [3.63, 3.8) is 0 Å². The van der Waals surface area contributed by atoms with Gasteiger partial charge in [-0.3, -0.25) is 0 Å². The van der Waals surface area contributed by atoms with Gasteiger partial charge >= 0.3 is 0 Å². The Kier molecular flexibility index (Phi) is 2.27. The first kappa shape index (κ1) is 9.93. The summed E-state index contributed by atoms with van der Waals surface area (Å²) < 4.78 is 5.02. The molecule has 3 unspecified atom stereocenters. The minimum absolute atomic E-state index is 0.286. The fourth-order valence-electron chi connectivity index (χ4n) is 2.05. The number of aromatic nitrogens is 1. The minimum Gasteiger partial charge on any atom is -0.473 e. The molecule has 1 heterocycles. The first-order valence-corrected chi connectivity index (χ1v) is 5.68. The lowest BCUT2D eigenvalue weighted by molar-refractivity contribution is -0.135. The fourth-order valence-corrected chi connectivity index (χ4v) is 2.77. The van der Waals surface area contributed by atoms with Crippen LogP contribution < -0.4 is 4.74 Å². The smallest absolute Gasteiger partial charge is 0.273 e. The lowest BCUT2D eigenvalue weighted by Crippen LogP contribution is -2.49. The first-order valence-electron chi connectivity index (χ1n) is 4.80. The fraction of sp³-hybridized carbons (Fsp3) is 0.700. The van der Waals surface area contributed by atoms with E-state index in [1.54, 1.807) is 7.11 Å². The highest BCUT2D eigenvalue weighted by Crippen LogP contribution is 2.50. The molecular weight excluding hydrogens is 198 g/mol. The van der Waals surface area contributed by atoms with Crippen LogP contribution in [0.4, 0.5) is 0 Å². The molecule has 1 aromatic heterocycles. The van der Waals surface area contributed by atoms with Gasteiger partial charge in [0.15, 0.2) is 0 Å². The Morgan fingerprint density at radius 1 is 1.64 bits per heavy atom. The molecule has 2 rings (SSSR count). The van der Waals surface area contributed by atoms with Crippen molar-refractivity contribution in [3.05, 3.63) is 11.1 Å². The number of thiazole rings is 1. The second-order valence-corrected chi connectivity index (χ2v) is 4.92. The van der Waals surface area contributed by atoms with E-state index in [0.29, 0.717) is 11.1 Å². The maximum absolute atomic E-state index is 10.3. The SMILES string of the molecule is COc1nc(C2(O)CC(C)C2C)cs1. The standard InChI is InChI=1S/C10H15NO2S/c1-6-4-10(12,7(6)2)8-5-14-9(11-8)13-3/h5-7,12H,4H2,1-3H3. The number of ether oxygens (including phenoxy) is 1. The summed E-state index contributed by atoms with van der Waals surface area (Å²) in [6, 6.07) is 0. The summed E-state index contributed by atoms with van der Waals surface area (Å²) in [4.78, 5) is 4.25. The largest absolute Gasteiger partial charge is 0.473 e. The molecule has 0 aliphatic heterocycles. The van der Waals surface area contributed by atoms with Crippen LogP contribution in [0.3, 0.4) is 0 Å². The maximum Gasteiger partial charge on any atom is 0.273 e. The summed E-state index contributed by atoms with van der Waals surface area (Å²) >= 11 is 1.44. The Labute approximate surface area is 87.7 Å². The van der Waals surface area contributed by atoms with E-state index < -0.39 is 5.60 Å². The second-order valence-electron chi connectivity index (χ2n) is 4.10. The minimum atomic E-state index is -0.716. The van der Waals surface area contributed by atoms with Crippen molar-refractivity contribution in [2.24, 2.45) is 11.8 Å². The molecule has 14 heavy (non-hydrogen) atoms. The first-order chi connectivity index (χ1) is 6.58. The molecule has 0 radical (unpaired) electrons. The van der Waals surface area contributed by atoms with Crippen LogP contribution in [-0.4, -0.2) is 17.2 Å². The third-order valence-electron chi connectivity index (χ3n) is 3.34. The normalized spacial score (nSPS) is 36.6.